The molecule has 1 aromatic carbocycles. The number of benzene rings is 1. The van der Waals surface area contributed by atoms with E-state index in [9.17, 15) is 9.59 Å². The number of rotatable bonds is 8. The van der Waals surface area contributed by atoms with Crippen LogP contribution in [0.25, 0.3) is 0 Å². The van der Waals surface area contributed by atoms with Gasteiger partial charge in [0.05, 0.1) is 29.5 Å². The van der Waals surface area contributed by atoms with Gasteiger partial charge in [0.15, 0.2) is 5.16 Å². The van der Waals surface area contributed by atoms with Crippen LogP contribution in [-0.4, -0.2) is 40.2 Å². The van der Waals surface area contributed by atoms with Crippen molar-refractivity contribution < 1.29 is 9.53 Å². The first kappa shape index (κ1) is 20.0. The second-order valence-electron chi connectivity index (χ2n) is 6.30. The molecular weight excluding hydrogens is 382 g/mol. The van der Waals surface area contributed by atoms with Gasteiger partial charge in [-0.15, -0.1) is 11.8 Å². The van der Waals surface area contributed by atoms with Crippen LogP contribution >= 0.6 is 23.5 Å². The molecule has 144 valence electrons. The molecule has 1 N–H and O–H groups in total. The number of aromatic nitrogens is 2. The molecule has 27 heavy (non-hydrogen) atoms. The van der Waals surface area contributed by atoms with E-state index in [-0.39, 0.29) is 17.2 Å². The number of hydrogen-bond donors (Lipinski definition) is 1. The van der Waals surface area contributed by atoms with E-state index < -0.39 is 0 Å². The Morgan fingerprint density at radius 1 is 1.41 bits per heavy atom. The average molecular weight is 406 g/mol. The number of methoxy groups -OCH3 is 1. The Bertz CT molecular complexity index is 855. The molecule has 2 aromatic rings. The first-order chi connectivity index (χ1) is 13.1. The second kappa shape index (κ2) is 9.43. The highest BCUT2D eigenvalue weighted by Crippen LogP contribution is 2.34. The molecule has 1 amide bonds. The number of amides is 1. The predicted molar refractivity (Wildman–Crippen MR) is 108 cm³/mol. The van der Waals surface area contributed by atoms with Crippen molar-refractivity contribution in [1.82, 2.24) is 14.9 Å². The van der Waals surface area contributed by atoms with Crippen LogP contribution in [0.15, 0.2) is 45.2 Å². The number of carbonyl (C=O) groups excluding carboxylic acids is 1. The number of thioether (sulfide) groups is 2. The van der Waals surface area contributed by atoms with Crippen LogP contribution in [0.5, 0.6) is 0 Å². The van der Waals surface area contributed by atoms with Gasteiger partial charge in [-0.25, -0.2) is 4.98 Å². The molecular formula is C19H23N3O3S2. The Labute approximate surface area is 167 Å². The van der Waals surface area contributed by atoms with Gasteiger partial charge in [0.1, 0.15) is 0 Å². The smallest absolute Gasteiger partial charge is 0.268 e. The molecule has 0 radical (unpaired) electrons. The SMILES string of the molecule is COCCn1c(SCC(=O)NCc2ccccc2)nc2c(c1=O)S[C@H](C)C2. The van der Waals surface area contributed by atoms with Crippen molar-refractivity contribution in [3.63, 3.8) is 0 Å². The first-order valence-corrected chi connectivity index (χ1v) is 10.7. The van der Waals surface area contributed by atoms with Crippen LogP contribution < -0.4 is 10.9 Å². The number of nitrogens with one attached hydrogen (secondary N) is 1. The molecule has 3 rings (SSSR count). The largest absolute Gasteiger partial charge is 0.383 e. The van der Waals surface area contributed by atoms with Crippen LogP contribution in [-0.2, 0) is 29.0 Å². The molecule has 1 aliphatic rings. The van der Waals surface area contributed by atoms with E-state index in [4.69, 9.17) is 4.74 Å². The van der Waals surface area contributed by atoms with E-state index in [1.165, 1.54) is 11.8 Å². The van der Waals surface area contributed by atoms with Gasteiger partial charge >= 0.3 is 0 Å². The highest BCUT2D eigenvalue weighted by Gasteiger charge is 2.26. The zero-order valence-electron chi connectivity index (χ0n) is 15.4. The summed E-state index contributed by atoms with van der Waals surface area (Å²) in [6.07, 6.45) is 0.786. The topological polar surface area (TPSA) is 73.2 Å². The summed E-state index contributed by atoms with van der Waals surface area (Å²) in [5.41, 5.74) is 1.87. The number of hydrogen-bond acceptors (Lipinski definition) is 6. The van der Waals surface area contributed by atoms with E-state index in [1.807, 2.05) is 30.3 Å². The van der Waals surface area contributed by atoms with Crippen molar-refractivity contribution in [2.45, 2.75) is 41.7 Å². The molecule has 6 nitrogen and oxygen atoms in total. The lowest BCUT2D eigenvalue weighted by Crippen LogP contribution is -2.28. The summed E-state index contributed by atoms with van der Waals surface area (Å²) in [6, 6.07) is 9.77. The molecule has 2 heterocycles. The van der Waals surface area contributed by atoms with Crippen LogP contribution in [0, 0.1) is 0 Å². The van der Waals surface area contributed by atoms with Gasteiger partial charge in [0.25, 0.3) is 5.56 Å². The Balaban J connectivity index is 1.68. The monoisotopic (exact) mass is 405 g/mol. The third kappa shape index (κ3) is 5.15. The number of carbonyl (C=O) groups is 1. The van der Waals surface area contributed by atoms with Crippen molar-refractivity contribution >= 4 is 29.4 Å². The van der Waals surface area contributed by atoms with E-state index >= 15 is 0 Å². The van der Waals surface area contributed by atoms with Crippen LogP contribution in [0.1, 0.15) is 18.2 Å². The lowest BCUT2D eigenvalue weighted by Gasteiger charge is -2.13. The summed E-state index contributed by atoms with van der Waals surface area (Å²) in [7, 11) is 1.60. The first-order valence-electron chi connectivity index (χ1n) is 8.81. The third-order valence-electron chi connectivity index (χ3n) is 4.15. The van der Waals surface area contributed by atoms with Crippen LogP contribution in [0.4, 0.5) is 0 Å². The predicted octanol–water partition coefficient (Wildman–Crippen LogP) is 2.33. The molecule has 1 atom stereocenters. The molecule has 8 heteroatoms. The lowest BCUT2D eigenvalue weighted by molar-refractivity contribution is -0.118. The molecule has 1 aromatic heterocycles. The quantitative estimate of drug-likeness (QED) is 0.537. The molecule has 1 aliphatic heterocycles. The van der Waals surface area contributed by atoms with E-state index in [0.717, 1.165) is 22.6 Å². The zero-order chi connectivity index (χ0) is 19.2. The minimum Gasteiger partial charge on any atom is -0.383 e. The fourth-order valence-corrected chi connectivity index (χ4v) is 4.79. The molecule has 0 aliphatic carbocycles. The molecule has 0 saturated heterocycles. The number of fused-ring (bicyclic) bond motifs is 1. The van der Waals surface area contributed by atoms with Crippen molar-refractivity contribution in [3.8, 4) is 0 Å². The second-order valence-corrected chi connectivity index (χ2v) is 8.69. The Hall–Kier alpha value is -1.77. The maximum absolute atomic E-state index is 12.8. The zero-order valence-corrected chi connectivity index (χ0v) is 17.1. The average Bonchev–Trinajstić information content (AvgIpc) is 3.05. The van der Waals surface area contributed by atoms with Gasteiger partial charge in [-0.2, -0.15) is 0 Å². The molecule has 0 fully saturated rings. The lowest BCUT2D eigenvalue weighted by atomic mass is 10.2. The molecule has 0 spiro atoms. The Morgan fingerprint density at radius 2 is 2.19 bits per heavy atom. The highest BCUT2D eigenvalue weighted by atomic mass is 32.2. The van der Waals surface area contributed by atoms with Crippen molar-refractivity contribution in [2.75, 3.05) is 19.5 Å². The van der Waals surface area contributed by atoms with E-state index in [1.54, 1.807) is 23.4 Å². The van der Waals surface area contributed by atoms with Crippen molar-refractivity contribution in [2.24, 2.45) is 0 Å². The van der Waals surface area contributed by atoms with Gasteiger partial charge in [0, 0.05) is 25.3 Å². The summed E-state index contributed by atoms with van der Waals surface area (Å²) in [4.78, 5) is 30.4. The molecule has 0 bridgehead atoms. The van der Waals surface area contributed by atoms with E-state index in [2.05, 4.69) is 17.2 Å². The summed E-state index contributed by atoms with van der Waals surface area (Å²) < 4.78 is 6.75. The molecule has 0 unspecified atom stereocenters. The van der Waals surface area contributed by atoms with Crippen molar-refractivity contribution in [1.29, 1.82) is 0 Å². The van der Waals surface area contributed by atoms with Gasteiger partial charge in [-0.1, -0.05) is 49.0 Å². The van der Waals surface area contributed by atoms with Gasteiger partial charge in [-0.3, -0.25) is 14.2 Å². The summed E-state index contributed by atoms with van der Waals surface area (Å²) in [5.74, 6) is 0.132. The van der Waals surface area contributed by atoms with Gasteiger partial charge < -0.3 is 10.1 Å². The minimum atomic E-state index is -0.0837. The summed E-state index contributed by atoms with van der Waals surface area (Å²) >= 11 is 2.88. The van der Waals surface area contributed by atoms with Crippen LogP contribution in [0.2, 0.25) is 0 Å². The normalized spacial score (nSPS) is 15.6. The van der Waals surface area contributed by atoms with E-state index in [0.29, 0.717) is 30.1 Å². The van der Waals surface area contributed by atoms with Crippen molar-refractivity contribution in [3.05, 3.63) is 51.9 Å². The number of ether oxygens (including phenoxy) is 1. The Kier molecular flexibility index (Phi) is 6.98. The summed E-state index contributed by atoms with van der Waals surface area (Å²) in [6.45, 7) is 3.44. The van der Waals surface area contributed by atoms with Gasteiger partial charge in [0.2, 0.25) is 5.91 Å². The standard InChI is InChI=1S/C19H23N3O3S2/c1-13-10-15-17(27-13)18(24)22(8-9-25-2)19(21-15)26-12-16(23)20-11-14-6-4-3-5-7-14/h3-7,13H,8-12H2,1-2H3,(H,20,23)/t13-/m1/s1. The maximum Gasteiger partial charge on any atom is 0.268 e. The fraction of sp³-hybridized carbons (Fsp3) is 0.421. The number of nitrogens with zero attached hydrogens (tertiary/aromatic N) is 2. The third-order valence-corrected chi connectivity index (χ3v) is 6.34. The minimum absolute atomic E-state index is 0.0291. The van der Waals surface area contributed by atoms with Crippen LogP contribution in [0.3, 0.4) is 0 Å². The Morgan fingerprint density at radius 3 is 2.93 bits per heavy atom. The fourth-order valence-electron chi connectivity index (χ4n) is 2.80. The van der Waals surface area contributed by atoms with Gasteiger partial charge in [-0.05, 0) is 5.56 Å². The highest BCUT2D eigenvalue weighted by molar-refractivity contribution is 8.00. The maximum atomic E-state index is 12.8. The summed E-state index contributed by atoms with van der Waals surface area (Å²) in [5, 5.41) is 3.84. The molecule has 0 saturated carbocycles.